The summed E-state index contributed by atoms with van der Waals surface area (Å²) in [6.45, 7) is 0. The summed E-state index contributed by atoms with van der Waals surface area (Å²) in [5.41, 5.74) is 5.05. The van der Waals surface area contributed by atoms with Gasteiger partial charge in [-0.05, 0) is 30.0 Å². The van der Waals surface area contributed by atoms with Gasteiger partial charge in [-0.1, -0.05) is 0 Å². The van der Waals surface area contributed by atoms with Crippen molar-refractivity contribution in [3.05, 3.63) is 42.0 Å². The molecule has 0 aliphatic heterocycles. The van der Waals surface area contributed by atoms with Crippen LogP contribution < -0.4 is 11.3 Å². The van der Waals surface area contributed by atoms with Gasteiger partial charge in [0, 0.05) is 25.5 Å². The Labute approximate surface area is 99.8 Å². The molecule has 2 aromatic rings. The summed E-state index contributed by atoms with van der Waals surface area (Å²) in [6.07, 6.45) is 9.10. The maximum atomic E-state index is 5.56. The van der Waals surface area contributed by atoms with Crippen LogP contribution in [0.2, 0.25) is 0 Å². The lowest BCUT2D eigenvalue weighted by Crippen LogP contribution is -2.28. The minimum absolute atomic E-state index is 0.0886. The fourth-order valence-corrected chi connectivity index (χ4v) is 1.77. The standard InChI is InChI=1S/C11H16N6/c1-17-8-9(6-15-17)2-3-11(16-12)10-4-5-13-14-7-10/h4-8,11,16H,2-3,12H2,1H3. The van der Waals surface area contributed by atoms with Crippen LogP contribution in [0.25, 0.3) is 0 Å². The molecular weight excluding hydrogens is 216 g/mol. The fourth-order valence-electron chi connectivity index (χ4n) is 1.77. The van der Waals surface area contributed by atoms with E-state index in [4.69, 9.17) is 5.84 Å². The van der Waals surface area contributed by atoms with E-state index in [1.54, 1.807) is 17.1 Å². The Morgan fingerprint density at radius 1 is 1.41 bits per heavy atom. The highest BCUT2D eigenvalue weighted by atomic mass is 15.2. The maximum Gasteiger partial charge on any atom is 0.0544 e. The van der Waals surface area contributed by atoms with E-state index < -0.39 is 0 Å². The third kappa shape index (κ3) is 3.08. The van der Waals surface area contributed by atoms with Crippen molar-refractivity contribution in [2.24, 2.45) is 12.9 Å². The first-order chi connectivity index (χ1) is 8.29. The van der Waals surface area contributed by atoms with E-state index in [0.29, 0.717) is 0 Å². The van der Waals surface area contributed by atoms with Crippen molar-refractivity contribution < 1.29 is 0 Å². The van der Waals surface area contributed by atoms with E-state index >= 15 is 0 Å². The number of nitrogens with two attached hydrogens (primary N) is 1. The first kappa shape index (κ1) is 11.7. The Balaban J connectivity index is 1.97. The molecule has 6 heteroatoms. The molecule has 2 rings (SSSR count). The Morgan fingerprint density at radius 3 is 2.88 bits per heavy atom. The molecule has 1 unspecified atom stereocenters. The number of hydrazine groups is 1. The van der Waals surface area contributed by atoms with Crippen molar-refractivity contribution in [3.63, 3.8) is 0 Å². The van der Waals surface area contributed by atoms with E-state index in [1.165, 1.54) is 5.56 Å². The third-order valence-electron chi connectivity index (χ3n) is 2.69. The summed E-state index contributed by atoms with van der Waals surface area (Å²) in [5.74, 6) is 5.56. The van der Waals surface area contributed by atoms with Gasteiger partial charge in [-0.3, -0.25) is 16.0 Å². The van der Waals surface area contributed by atoms with Crippen LogP contribution in [0.15, 0.2) is 30.9 Å². The first-order valence-electron chi connectivity index (χ1n) is 5.50. The second kappa shape index (κ2) is 5.51. The predicted octanol–water partition coefficient (Wildman–Crippen LogP) is 0.347. The van der Waals surface area contributed by atoms with Gasteiger partial charge in [-0.25, -0.2) is 0 Å². The van der Waals surface area contributed by atoms with Gasteiger partial charge in [0.15, 0.2) is 0 Å². The van der Waals surface area contributed by atoms with Crippen molar-refractivity contribution in [1.29, 1.82) is 0 Å². The molecule has 17 heavy (non-hydrogen) atoms. The van der Waals surface area contributed by atoms with Crippen molar-refractivity contribution in [1.82, 2.24) is 25.4 Å². The zero-order valence-electron chi connectivity index (χ0n) is 9.74. The second-order valence-corrected chi connectivity index (χ2v) is 3.96. The van der Waals surface area contributed by atoms with Crippen LogP contribution >= 0.6 is 0 Å². The van der Waals surface area contributed by atoms with E-state index in [-0.39, 0.29) is 6.04 Å². The Morgan fingerprint density at radius 2 is 2.29 bits per heavy atom. The smallest absolute Gasteiger partial charge is 0.0544 e. The van der Waals surface area contributed by atoms with Crippen LogP contribution in [-0.4, -0.2) is 20.0 Å². The van der Waals surface area contributed by atoms with Crippen LogP contribution in [-0.2, 0) is 13.5 Å². The van der Waals surface area contributed by atoms with Crippen molar-refractivity contribution in [3.8, 4) is 0 Å². The molecule has 0 saturated heterocycles. The van der Waals surface area contributed by atoms with Crippen LogP contribution in [0.1, 0.15) is 23.6 Å². The quantitative estimate of drug-likeness (QED) is 0.574. The molecule has 0 aromatic carbocycles. The lowest BCUT2D eigenvalue weighted by molar-refractivity contribution is 0.513. The Hall–Kier alpha value is -1.79. The molecule has 3 N–H and O–H groups in total. The number of hydrogen-bond acceptors (Lipinski definition) is 5. The molecule has 0 aliphatic rings. The Kier molecular flexibility index (Phi) is 3.79. The number of aromatic nitrogens is 4. The lowest BCUT2D eigenvalue weighted by atomic mass is 10.0. The molecule has 0 amide bonds. The molecule has 1 atom stereocenters. The van der Waals surface area contributed by atoms with Crippen LogP contribution in [0, 0.1) is 0 Å². The molecule has 0 saturated carbocycles. The van der Waals surface area contributed by atoms with Gasteiger partial charge in [0.2, 0.25) is 0 Å². The molecule has 0 fully saturated rings. The molecule has 0 bridgehead atoms. The summed E-state index contributed by atoms with van der Waals surface area (Å²) in [5, 5.41) is 11.7. The molecule has 0 spiro atoms. The number of rotatable bonds is 5. The number of aryl methyl sites for hydroxylation is 2. The zero-order valence-corrected chi connectivity index (χ0v) is 9.74. The van der Waals surface area contributed by atoms with Gasteiger partial charge < -0.3 is 0 Å². The van der Waals surface area contributed by atoms with E-state index in [9.17, 15) is 0 Å². The molecule has 0 aliphatic carbocycles. The lowest BCUT2D eigenvalue weighted by Gasteiger charge is -2.14. The average Bonchev–Trinajstić information content (AvgIpc) is 2.77. The summed E-state index contributed by atoms with van der Waals surface area (Å²) in [7, 11) is 1.91. The van der Waals surface area contributed by atoms with E-state index in [1.807, 2.05) is 25.5 Å². The fraction of sp³-hybridized carbons (Fsp3) is 0.364. The molecule has 0 radical (unpaired) electrons. The molecule has 90 valence electrons. The van der Waals surface area contributed by atoms with Gasteiger partial charge in [-0.15, -0.1) is 0 Å². The van der Waals surface area contributed by atoms with Crippen LogP contribution in [0.3, 0.4) is 0 Å². The monoisotopic (exact) mass is 232 g/mol. The summed E-state index contributed by atoms with van der Waals surface area (Å²) < 4.78 is 1.80. The topological polar surface area (TPSA) is 81.7 Å². The van der Waals surface area contributed by atoms with Gasteiger partial charge in [-0.2, -0.15) is 15.3 Å². The number of hydrogen-bond donors (Lipinski definition) is 2. The Bertz CT molecular complexity index is 452. The molecule has 6 nitrogen and oxygen atoms in total. The number of nitrogens with one attached hydrogen (secondary N) is 1. The molecule has 2 aromatic heterocycles. The minimum atomic E-state index is 0.0886. The largest absolute Gasteiger partial charge is 0.276 e. The van der Waals surface area contributed by atoms with Gasteiger partial charge in [0.05, 0.1) is 12.4 Å². The summed E-state index contributed by atoms with van der Waals surface area (Å²) in [4.78, 5) is 0. The predicted molar refractivity (Wildman–Crippen MR) is 63.6 cm³/mol. The third-order valence-corrected chi connectivity index (χ3v) is 2.69. The molecular formula is C11H16N6. The van der Waals surface area contributed by atoms with Gasteiger partial charge in [0.25, 0.3) is 0 Å². The molecule has 2 heterocycles. The SMILES string of the molecule is Cn1cc(CCC(NN)c2ccnnc2)cn1. The second-order valence-electron chi connectivity index (χ2n) is 3.96. The average molecular weight is 232 g/mol. The van der Waals surface area contributed by atoms with Crippen molar-refractivity contribution in [2.45, 2.75) is 18.9 Å². The van der Waals surface area contributed by atoms with Gasteiger partial charge >= 0.3 is 0 Å². The van der Waals surface area contributed by atoms with E-state index in [0.717, 1.165) is 18.4 Å². The minimum Gasteiger partial charge on any atom is -0.276 e. The summed E-state index contributed by atoms with van der Waals surface area (Å²) >= 11 is 0. The van der Waals surface area contributed by atoms with Crippen LogP contribution in [0.5, 0.6) is 0 Å². The number of nitrogens with zero attached hydrogens (tertiary/aromatic N) is 4. The highest BCUT2D eigenvalue weighted by Crippen LogP contribution is 2.16. The van der Waals surface area contributed by atoms with Crippen LogP contribution in [0.4, 0.5) is 0 Å². The van der Waals surface area contributed by atoms with E-state index in [2.05, 4.69) is 20.7 Å². The van der Waals surface area contributed by atoms with Crippen molar-refractivity contribution >= 4 is 0 Å². The zero-order chi connectivity index (χ0) is 12.1. The first-order valence-corrected chi connectivity index (χ1v) is 5.50. The van der Waals surface area contributed by atoms with Crippen molar-refractivity contribution in [2.75, 3.05) is 0 Å². The highest BCUT2D eigenvalue weighted by molar-refractivity contribution is 5.12. The maximum absolute atomic E-state index is 5.56. The highest BCUT2D eigenvalue weighted by Gasteiger charge is 2.10. The normalized spacial score (nSPS) is 12.6. The summed E-state index contributed by atoms with van der Waals surface area (Å²) in [6, 6.07) is 2.01. The van der Waals surface area contributed by atoms with Gasteiger partial charge in [0.1, 0.15) is 0 Å².